The Kier molecular flexibility index (Phi) is 6.20. The summed E-state index contributed by atoms with van der Waals surface area (Å²) < 4.78 is 0. The molecule has 25 heavy (non-hydrogen) atoms. The maximum Gasteiger partial charge on any atom is 0.317 e. The average molecular weight is 351 g/mol. The van der Waals surface area contributed by atoms with Gasteiger partial charge < -0.3 is 15.3 Å². The number of rotatable bonds is 8. The van der Waals surface area contributed by atoms with Gasteiger partial charge in [-0.15, -0.1) is 0 Å². The van der Waals surface area contributed by atoms with Crippen LogP contribution >= 0.6 is 0 Å². The lowest BCUT2D eigenvalue weighted by Crippen LogP contribution is -2.58. The van der Waals surface area contributed by atoms with Crippen LogP contribution in [0.4, 0.5) is 4.79 Å². The molecule has 0 aromatic rings. The first-order valence-electron chi connectivity index (χ1n) is 10.1. The summed E-state index contributed by atoms with van der Waals surface area (Å²) in [6.45, 7) is 3.76. The van der Waals surface area contributed by atoms with Crippen LogP contribution in [0.15, 0.2) is 0 Å². The molecule has 0 saturated heterocycles. The minimum atomic E-state index is -0.776. The number of carboxylic acids is 1. The van der Waals surface area contributed by atoms with Crippen molar-refractivity contribution >= 4 is 12.0 Å². The van der Waals surface area contributed by atoms with Crippen LogP contribution in [0.5, 0.6) is 0 Å². The fourth-order valence-corrected chi connectivity index (χ4v) is 4.30. The van der Waals surface area contributed by atoms with Gasteiger partial charge in [-0.1, -0.05) is 26.2 Å². The summed E-state index contributed by atoms with van der Waals surface area (Å²) in [5, 5.41) is 12.2. The molecule has 0 aliphatic heterocycles. The minimum absolute atomic E-state index is 0.0950. The number of urea groups is 1. The van der Waals surface area contributed by atoms with Crippen molar-refractivity contribution in [3.05, 3.63) is 0 Å². The molecule has 0 aromatic carbocycles. The topological polar surface area (TPSA) is 72.9 Å². The number of amides is 2. The quantitative estimate of drug-likeness (QED) is 0.705. The molecule has 0 heterocycles. The van der Waals surface area contributed by atoms with Gasteiger partial charge in [0, 0.05) is 24.7 Å². The van der Waals surface area contributed by atoms with Crippen molar-refractivity contribution in [2.75, 3.05) is 19.6 Å². The molecule has 3 saturated carbocycles. The molecule has 3 aliphatic carbocycles. The Labute approximate surface area is 150 Å². The van der Waals surface area contributed by atoms with Gasteiger partial charge in [-0.05, 0) is 51.0 Å². The van der Waals surface area contributed by atoms with Gasteiger partial charge in [0.2, 0.25) is 0 Å². The zero-order valence-corrected chi connectivity index (χ0v) is 15.5. The zero-order chi connectivity index (χ0) is 17.8. The highest BCUT2D eigenvalue weighted by Gasteiger charge is 2.37. The summed E-state index contributed by atoms with van der Waals surface area (Å²) in [5.74, 6) is -0.0600. The van der Waals surface area contributed by atoms with E-state index in [4.69, 9.17) is 5.11 Å². The van der Waals surface area contributed by atoms with Crippen LogP contribution in [0.3, 0.4) is 0 Å². The average Bonchev–Trinajstić information content (AvgIpc) is 3.38. The first-order valence-corrected chi connectivity index (χ1v) is 10.1. The molecule has 6 heteroatoms. The van der Waals surface area contributed by atoms with E-state index in [2.05, 4.69) is 10.2 Å². The van der Waals surface area contributed by atoms with E-state index in [9.17, 15) is 9.59 Å². The normalized spacial score (nSPS) is 27.0. The van der Waals surface area contributed by atoms with Crippen molar-refractivity contribution < 1.29 is 14.7 Å². The second-order valence-electron chi connectivity index (χ2n) is 8.12. The highest BCUT2D eigenvalue weighted by atomic mass is 16.4. The monoisotopic (exact) mass is 351 g/mol. The molecular formula is C19H33N3O3. The number of hydrogen-bond acceptors (Lipinski definition) is 3. The number of aliphatic carboxylic acids is 1. The summed E-state index contributed by atoms with van der Waals surface area (Å²) >= 11 is 0. The third-order valence-electron chi connectivity index (χ3n) is 6.13. The number of carbonyl (C=O) groups is 2. The van der Waals surface area contributed by atoms with Gasteiger partial charge in [-0.25, -0.2) is 4.79 Å². The van der Waals surface area contributed by atoms with Gasteiger partial charge >= 0.3 is 12.0 Å². The highest BCUT2D eigenvalue weighted by Crippen LogP contribution is 2.33. The van der Waals surface area contributed by atoms with E-state index in [0.29, 0.717) is 12.0 Å². The van der Waals surface area contributed by atoms with E-state index in [1.54, 1.807) is 0 Å². The summed E-state index contributed by atoms with van der Waals surface area (Å²) in [6, 6.07) is 1.02. The van der Waals surface area contributed by atoms with Crippen molar-refractivity contribution in [3.63, 3.8) is 0 Å². The maximum absolute atomic E-state index is 12.8. The van der Waals surface area contributed by atoms with E-state index in [1.807, 2.05) is 11.8 Å². The zero-order valence-electron chi connectivity index (χ0n) is 15.5. The fraction of sp³-hybridized carbons (Fsp3) is 0.895. The maximum atomic E-state index is 12.8. The molecule has 0 unspecified atom stereocenters. The van der Waals surface area contributed by atoms with E-state index < -0.39 is 5.97 Å². The lowest BCUT2D eigenvalue weighted by molar-refractivity contribution is -0.139. The van der Waals surface area contributed by atoms with E-state index in [1.165, 1.54) is 32.1 Å². The molecule has 0 aromatic heterocycles. The van der Waals surface area contributed by atoms with Crippen LogP contribution in [0.25, 0.3) is 0 Å². The summed E-state index contributed by atoms with van der Waals surface area (Å²) in [4.78, 5) is 27.9. The van der Waals surface area contributed by atoms with Crippen molar-refractivity contribution in [1.29, 1.82) is 0 Å². The number of nitrogens with one attached hydrogen (secondary N) is 1. The number of carboxylic acid groups (broad SMARTS) is 1. The summed E-state index contributed by atoms with van der Waals surface area (Å²) in [7, 11) is 0. The standard InChI is InChI=1S/C19H33N3O3/c1-2-21(13-18(23)24)17-10-15(11-17)20-19(25)22(12-14-8-9-14)16-6-4-3-5-7-16/h14-17H,2-13H2,1H3,(H,20,25)(H,23,24). The Morgan fingerprint density at radius 2 is 1.72 bits per heavy atom. The Hall–Kier alpha value is -1.30. The van der Waals surface area contributed by atoms with E-state index in [0.717, 1.165) is 38.8 Å². The molecule has 0 atom stereocenters. The van der Waals surface area contributed by atoms with Gasteiger partial charge in [0.15, 0.2) is 0 Å². The lowest BCUT2D eigenvalue weighted by atomic mass is 9.85. The molecule has 3 fully saturated rings. The van der Waals surface area contributed by atoms with Crippen molar-refractivity contribution in [2.24, 2.45) is 5.92 Å². The van der Waals surface area contributed by atoms with Crippen LogP contribution in [-0.2, 0) is 4.79 Å². The third-order valence-corrected chi connectivity index (χ3v) is 6.13. The van der Waals surface area contributed by atoms with Gasteiger partial charge in [-0.3, -0.25) is 9.69 Å². The molecule has 6 nitrogen and oxygen atoms in total. The van der Waals surface area contributed by atoms with E-state index >= 15 is 0 Å². The van der Waals surface area contributed by atoms with E-state index in [-0.39, 0.29) is 24.7 Å². The molecule has 0 radical (unpaired) electrons. The smallest absolute Gasteiger partial charge is 0.317 e. The van der Waals surface area contributed by atoms with Crippen LogP contribution in [0, 0.1) is 5.92 Å². The van der Waals surface area contributed by atoms with Gasteiger partial charge in [-0.2, -0.15) is 0 Å². The highest BCUT2D eigenvalue weighted by molar-refractivity contribution is 5.75. The molecule has 3 rings (SSSR count). The first-order chi connectivity index (χ1) is 12.1. The third kappa shape index (κ3) is 5.09. The molecule has 0 spiro atoms. The number of likely N-dealkylation sites (N-methyl/N-ethyl adjacent to an activating group) is 1. The van der Waals surface area contributed by atoms with Crippen LogP contribution in [-0.4, -0.2) is 64.7 Å². The van der Waals surface area contributed by atoms with Crippen LogP contribution < -0.4 is 5.32 Å². The van der Waals surface area contributed by atoms with Crippen molar-refractivity contribution in [3.8, 4) is 0 Å². The lowest BCUT2D eigenvalue weighted by Gasteiger charge is -2.43. The van der Waals surface area contributed by atoms with Crippen LogP contribution in [0.2, 0.25) is 0 Å². The molecule has 0 bridgehead atoms. The number of hydrogen-bond donors (Lipinski definition) is 2. The van der Waals surface area contributed by atoms with Crippen molar-refractivity contribution in [2.45, 2.75) is 82.8 Å². The Morgan fingerprint density at radius 1 is 1.04 bits per heavy atom. The van der Waals surface area contributed by atoms with Gasteiger partial charge in [0.1, 0.15) is 0 Å². The minimum Gasteiger partial charge on any atom is -0.480 e. The second-order valence-corrected chi connectivity index (χ2v) is 8.12. The molecular weight excluding hydrogens is 318 g/mol. The molecule has 3 aliphatic rings. The summed E-state index contributed by atoms with van der Waals surface area (Å²) in [6.07, 6.45) is 10.4. The first kappa shape index (κ1) is 18.5. The molecule has 2 N–H and O–H groups in total. The Bertz CT molecular complexity index is 469. The number of carbonyl (C=O) groups excluding carboxylic acids is 1. The second kappa shape index (κ2) is 8.39. The van der Waals surface area contributed by atoms with Crippen molar-refractivity contribution in [1.82, 2.24) is 15.1 Å². The molecule has 142 valence electrons. The Balaban J connectivity index is 1.47. The predicted molar refractivity (Wildman–Crippen MR) is 96.5 cm³/mol. The summed E-state index contributed by atoms with van der Waals surface area (Å²) in [5.41, 5.74) is 0. The van der Waals surface area contributed by atoms with Gasteiger partial charge in [0.25, 0.3) is 0 Å². The number of nitrogens with zero attached hydrogens (tertiary/aromatic N) is 2. The SMILES string of the molecule is CCN(CC(=O)O)C1CC(NC(=O)N(CC2CC2)C2CCCCC2)C1. The Morgan fingerprint density at radius 3 is 2.28 bits per heavy atom. The predicted octanol–water partition coefficient (Wildman–Crippen LogP) is 2.68. The fourth-order valence-electron chi connectivity index (χ4n) is 4.30. The largest absolute Gasteiger partial charge is 0.480 e. The molecule has 2 amide bonds. The van der Waals surface area contributed by atoms with Crippen LogP contribution in [0.1, 0.15) is 64.7 Å². The van der Waals surface area contributed by atoms with Gasteiger partial charge in [0.05, 0.1) is 6.54 Å².